The van der Waals surface area contributed by atoms with Gasteiger partial charge in [0.2, 0.25) is 0 Å². The summed E-state index contributed by atoms with van der Waals surface area (Å²) in [6.07, 6.45) is 5.05. The predicted octanol–water partition coefficient (Wildman–Crippen LogP) is 9.12. The first-order valence-corrected chi connectivity index (χ1v) is 17.8. The van der Waals surface area contributed by atoms with Crippen molar-refractivity contribution in [2.75, 3.05) is 0 Å². The van der Waals surface area contributed by atoms with Crippen LogP contribution in [-0.4, -0.2) is 0 Å². The van der Waals surface area contributed by atoms with Crippen LogP contribution in [0.4, 0.5) is 0 Å². The van der Waals surface area contributed by atoms with Gasteiger partial charge in [0.1, 0.15) is 0 Å². The van der Waals surface area contributed by atoms with E-state index < -0.39 is 31.2 Å². The third-order valence-corrected chi connectivity index (χ3v) is 16.1. The van der Waals surface area contributed by atoms with E-state index in [0.717, 1.165) is 0 Å². The number of fused-ring (bicyclic) bond motifs is 2. The first-order valence-electron chi connectivity index (χ1n) is 13.6. The van der Waals surface area contributed by atoms with E-state index in [-0.39, 0.29) is 0 Å². The molecule has 0 nitrogen and oxygen atoms in total. The van der Waals surface area contributed by atoms with Crippen molar-refractivity contribution in [3.05, 3.63) is 167 Å². The summed E-state index contributed by atoms with van der Waals surface area (Å²) in [5.41, 5.74) is 10.2. The van der Waals surface area contributed by atoms with Gasteiger partial charge in [0.05, 0.1) is 0 Å². The molecule has 5 aromatic carbocycles. The number of rotatable bonds is 6. The van der Waals surface area contributed by atoms with Crippen molar-refractivity contribution in [2.24, 2.45) is 0 Å². The number of hydrogen-bond acceptors (Lipinski definition) is 0. The zero-order chi connectivity index (χ0) is 26.2. The second kappa shape index (κ2) is 10.8. The second-order valence-corrected chi connectivity index (χ2v) is 16.2. The number of benzene rings is 5. The van der Waals surface area contributed by atoms with Crippen molar-refractivity contribution in [1.29, 1.82) is 0 Å². The van der Waals surface area contributed by atoms with Crippen molar-refractivity contribution in [3.8, 4) is 11.1 Å². The van der Waals surface area contributed by atoms with E-state index in [1.165, 1.54) is 32.9 Å². The van der Waals surface area contributed by atoms with Crippen LogP contribution in [0.5, 0.6) is 0 Å². The van der Waals surface area contributed by atoms with Gasteiger partial charge in [-0.3, -0.25) is 0 Å². The summed E-state index contributed by atoms with van der Waals surface area (Å²) in [4.78, 5) is 0. The van der Waals surface area contributed by atoms with Gasteiger partial charge in [-0.25, -0.2) is 0 Å². The molecule has 0 saturated carbocycles. The van der Waals surface area contributed by atoms with Crippen LogP contribution in [0.25, 0.3) is 23.3 Å². The maximum absolute atomic E-state index is 2.56. The Morgan fingerprint density at radius 2 is 1.13 bits per heavy atom. The zero-order valence-electron chi connectivity index (χ0n) is 22.0. The van der Waals surface area contributed by atoms with Crippen molar-refractivity contribution < 1.29 is 23.2 Å². The molecule has 0 aromatic heterocycles. The molecule has 39 heavy (non-hydrogen) atoms. The normalized spacial score (nSPS) is 17.4. The van der Waals surface area contributed by atoms with Crippen molar-refractivity contribution in [1.82, 2.24) is 0 Å². The quantitative estimate of drug-likeness (QED) is 0.172. The van der Waals surface area contributed by atoms with Gasteiger partial charge in [0.25, 0.3) is 0 Å². The molecule has 0 N–H and O–H groups in total. The van der Waals surface area contributed by atoms with Gasteiger partial charge in [-0.15, -0.1) is 0 Å². The Kier molecular flexibility index (Phi) is 6.90. The third kappa shape index (κ3) is 4.67. The SMILES string of the molecule is CC1=Cc2c(-c3ccccc3)cccc2[CH]1[Zr][CH]1C(P(c2ccccc2)c2ccccc2)=Cc2ccccc21. The molecule has 2 aliphatic carbocycles. The molecule has 2 unspecified atom stereocenters. The monoisotopic (exact) mass is 594 g/mol. The Labute approximate surface area is 244 Å². The summed E-state index contributed by atoms with van der Waals surface area (Å²) in [5, 5.41) is 4.55. The van der Waals surface area contributed by atoms with Gasteiger partial charge in [-0.1, -0.05) is 0 Å². The van der Waals surface area contributed by atoms with Gasteiger partial charge in [-0.05, 0) is 0 Å². The Morgan fingerprint density at radius 1 is 0.538 bits per heavy atom. The summed E-state index contributed by atoms with van der Waals surface area (Å²) >= 11 is -1.000. The Morgan fingerprint density at radius 3 is 1.82 bits per heavy atom. The molecule has 2 aliphatic rings. The number of allylic oxidation sites excluding steroid dienone is 2. The van der Waals surface area contributed by atoms with E-state index in [9.17, 15) is 0 Å². The molecular formula is C37H29PZr. The first kappa shape index (κ1) is 24.9. The maximum atomic E-state index is 2.56. The van der Waals surface area contributed by atoms with Crippen molar-refractivity contribution in [2.45, 2.75) is 14.2 Å². The van der Waals surface area contributed by atoms with Crippen LogP contribution < -0.4 is 10.6 Å². The fourth-order valence-corrected chi connectivity index (χ4v) is 14.4. The standard InChI is InChI=1S/C21H16P.C16H13.Zr/c1-3-11-19(12-4-1)22(20-13-5-2-6-14-20)21-15-17-9-7-8-10-18(17)16-21;1-12-10-14-8-5-9-15(16(14)11-12)13-6-3-2-4-7-13;/h1-16H;2-11H,1H3;. The summed E-state index contributed by atoms with van der Waals surface area (Å²) in [5.74, 6) is 0. The third-order valence-electron chi connectivity index (χ3n) is 7.89. The van der Waals surface area contributed by atoms with E-state index in [2.05, 4.69) is 153 Å². The Balaban J connectivity index is 1.32. The van der Waals surface area contributed by atoms with E-state index >= 15 is 0 Å². The topological polar surface area (TPSA) is 0 Å². The molecular weight excluding hydrogens is 567 g/mol. The summed E-state index contributed by atoms with van der Waals surface area (Å²) in [7, 11) is -0.598. The number of hydrogen-bond donors (Lipinski definition) is 0. The molecule has 0 fully saturated rings. The van der Waals surface area contributed by atoms with Crippen LogP contribution in [-0.2, 0) is 23.2 Å². The molecule has 2 atom stereocenters. The van der Waals surface area contributed by atoms with E-state index in [0.29, 0.717) is 7.25 Å². The van der Waals surface area contributed by atoms with Crippen molar-refractivity contribution >= 4 is 30.7 Å². The average Bonchev–Trinajstić information content (AvgIpc) is 3.52. The minimum atomic E-state index is -1.000. The van der Waals surface area contributed by atoms with Crippen LogP contribution in [0.15, 0.2) is 144 Å². The van der Waals surface area contributed by atoms with Crippen LogP contribution in [0, 0.1) is 0 Å². The Hall–Kier alpha value is -3.11. The van der Waals surface area contributed by atoms with Gasteiger partial charge < -0.3 is 0 Å². The summed E-state index contributed by atoms with van der Waals surface area (Å²) in [6, 6.07) is 49.5. The van der Waals surface area contributed by atoms with Crippen molar-refractivity contribution in [3.63, 3.8) is 0 Å². The molecule has 0 saturated heterocycles. The molecule has 0 spiro atoms. The molecule has 0 bridgehead atoms. The first-order chi connectivity index (χ1) is 19.3. The predicted molar refractivity (Wildman–Crippen MR) is 165 cm³/mol. The van der Waals surface area contributed by atoms with E-state index in [1.807, 2.05) is 0 Å². The van der Waals surface area contributed by atoms with Gasteiger partial charge in [-0.2, -0.15) is 0 Å². The molecule has 7 rings (SSSR count). The van der Waals surface area contributed by atoms with Gasteiger partial charge >= 0.3 is 246 Å². The molecule has 0 aliphatic heterocycles. The molecule has 0 amide bonds. The molecule has 186 valence electrons. The molecule has 2 heteroatoms. The van der Waals surface area contributed by atoms with Crippen LogP contribution in [0.3, 0.4) is 0 Å². The molecule has 5 aromatic rings. The Bertz CT molecular complexity index is 1650. The summed E-state index contributed by atoms with van der Waals surface area (Å²) in [6.45, 7) is 2.38. The zero-order valence-corrected chi connectivity index (χ0v) is 25.3. The molecule has 0 heterocycles. The second-order valence-electron chi connectivity index (χ2n) is 10.3. The fourth-order valence-electron chi connectivity index (χ4n) is 6.09. The summed E-state index contributed by atoms with van der Waals surface area (Å²) < 4.78 is 1.13. The fraction of sp³-hybridized carbons (Fsp3) is 0.0811. The van der Waals surface area contributed by atoms with Crippen LogP contribution in [0.2, 0.25) is 0 Å². The van der Waals surface area contributed by atoms with E-state index in [1.54, 1.807) is 22.0 Å². The molecule has 0 radical (unpaired) electrons. The van der Waals surface area contributed by atoms with Crippen LogP contribution in [0.1, 0.15) is 36.4 Å². The van der Waals surface area contributed by atoms with E-state index in [4.69, 9.17) is 0 Å². The van der Waals surface area contributed by atoms with Gasteiger partial charge in [0.15, 0.2) is 0 Å². The van der Waals surface area contributed by atoms with Gasteiger partial charge in [0, 0.05) is 0 Å². The van der Waals surface area contributed by atoms with Crippen LogP contribution >= 0.6 is 7.92 Å². The average molecular weight is 596 g/mol. The minimum absolute atomic E-state index is 0.552.